The van der Waals surface area contributed by atoms with Crippen LogP contribution < -0.4 is 0 Å². The van der Waals surface area contributed by atoms with Gasteiger partial charge in [0.2, 0.25) is 0 Å². The summed E-state index contributed by atoms with van der Waals surface area (Å²) in [6.45, 7) is -0.00160. The lowest BCUT2D eigenvalue weighted by Crippen LogP contribution is -2.27. The van der Waals surface area contributed by atoms with E-state index in [1.165, 1.54) is 30.3 Å². The fourth-order valence-corrected chi connectivity index (χ4v) is 4.48. The van der Waals surface area contributed by atoms with Crippen LogP contribution >= 0.6 is 46.6 Å². The lowest BCUT2D eigenvalue weighted by molar-refractivity contribution is -0.384. The van der Waals surface area contributed by atoms with E-state index in [0.717, 1.165) is 16.7 Å². The summed E-state index contributed by atoms with van der Waals surface area (Å²) < 4.78 is 5.68. The van der Waals surface area contributed by atoms with Crippen LogP contribution in [-0.4, -0.2) is 21.0 Å². The number of carbonyl (C=O) groups is 2. The molecule has 0 aliphatic carbocycles. The number of rotatable bonds is 5. The molecule has 1 aliphatic rings. The van der Waals surface area contributed by atoms with Gasteiger partial charge >= 0.3 is 0 Å². The summed E-state index contributed by atoms with van der Waals surface area (Å²) in [6.07, 6.45) is 1.42. The average molecular weight is 510 g/mol. The molecule has 0 radical (unpaired) electrons. The van der Waals surface area contributed by atoms with Crippen molar-refractivity contribution in [1.82, 2.24) is 4.90 Å². The number of nitro groups is 1. The van der Waals surface area contributed by atoms with Crippen LogP contribution in [0.1, 0.15) is 11.3 Å². The Morgan fingerprint density at radius 2 is 1.75 bits per heavy atom. The van der Waals surface area contributed by atoms with Crippen LogP contribution in [0.2, 0.25) is 15.1 Å². The molecule has 2 heterocycles. The predicted molar refractivity (Wildman–Crippen MR) is 124 cm³/mol. The second kappa shape index (κ2) is 8.99. The summed E-state index contributed by atoms with van der Waals surface area (Å²) in [5.41, 5.74) is 0.609. The van der Waals surface area contributed by atoms with Crippen molar-refractivity contribution in [3.8, 4) is 11.3 Å². The smallest absolute Gasteiger partial charge is 0.293 e. The molecule has 2 aromatic carbocycles. The van der Waals surface area contributed by atoms with Gasteiger partial charge in [0, 0.05) is 27.2 Å². The summed E-state index contributed by atoms with van der Waals surface area (Å²) in [7, 11) is 0. The van der Waals surface area contributed by atoms with E-state index in [9.17, 15) is 19.7 Å². The molecule has 0 atom stereocenters. The van der Waals surface area contributed by atoms with E-state index in [2.05, 4.69) is 0 Å². The van der Waals surface area contributed by atoms with Gasteiger partial charge in [-0.05, 0) is 53.7 Å². The number of carbonyl (C=O) groups excluding carboxylic acids is 2. The summed E-state index contributed by atoms with van der Waals surface area (Å²) >= 11 is 18.6. The fourth-order valence-electron chi connectivity index (χ4n) is 3.03. The van der Waals surface area contributed by atoms with E-state index in [-0.39, 0.29) is 39.2 Å². The van der Waals surface area contributed by atoms with Crippen LogP contribution in [0, 0.1) is 10.1 Å². The normalized spacial score (nSPS) is 15.1. The van der Waals surface area contributed by atoms with Gasteiger partial charge in [-0.15, -0.1) is 0 Å². The predicted octanol–water partition coefficient (Wildman–Crippen LogP) is 7.05. The molecular weight excluding hydrogens is 499 g/mol. The molecule has 4 rings (SSSR count). The maximum atomic E-state index is 12.8. The highest BCUT2D eigenvalue weighted by molar-refractivity contribution is 8.18. The fraction of sp³-hybridized carbons (Fsp3) is 0.0476. The Hall–Kier alpha value is -2.78. The molecule has 2 amide bonds. The first-order valence-electron chi connectivity index (χ1n) is 8.96. The minimum atomic E-state index is -0.559. The standard InChI is InChI=1S/C21H11Cl3N2O5S/c22-12-2-1-11(16(24)7-12)10-25-20(27)19(32-21(25)28)9-14-4-6-18(31-14)15-5-3-13(23)8-17(15)26(29)30/h1-9H,10H2/b19-9-. The van der Waals surface area contributed by atoms with Crippen molar-refractivity contribution in [2.45, 2.75) is 6.54 Å². The largest absolute Gasteiger partial charge is 0.456 e. The van der Waals surface area contributed by atoms with E-state index in [1.54, 1.807) is 24.3 Å². The molecular formula is C21H11Cl3N2O5S. The molecule has 162 valence electrons. The second-order valence-electron chi connectivity index (χ2n) is 6.62. The second-order valence-corrected chi connectivity index (χ2v) is 8.90. The lowest BCUT2D eigenvalue weighted by Gasteiger charge is -2.13. The van der Waals surface area contributed by atoms with Gasteiger partial charge in [-0.25, -0.2) is 0 Å². The SMILES string of the molecule is O=C1S/C(=C\c2ccc(-c3ccc(Cl)cc3[N+](=O)[O-])o2)C(=O)N1Cc1ccc(Cl)cc1Cl. The van der Waals surface area contributed by atoms with Gasteiger partial charge in [0.1, 0.15) is 11.5 Å². The average Bonchev–Trinajstić information content (AvgIpc) is 3.30. The van der Waals surface area contributed by atoms with Crippen LogP contribution in [0.15, 0.2) is 57.9 Å². The van der Waals surface area contributed by atoms with Crippen molar-refractivity contribution in [1.29, 1.82) is 0 Å². The number of amides is 2. The molecule has 0 bridgehead atoms. The molecule has 32 heavy (non-hydrogen) atoms. The Balaban J connectivity index is 1.58. The number of imide groups is 1. The summed E-state index contributed by atoms with van der Waals surface area (Å²) in [5.74, 6) is -0.00694. The zero-order valence-electron chi connectivity index (χ0n) is 15.9. The van der Waals surface area contributed by atoms with Crippen molar-refractivity contribution in [2.75, 3.05) is 0 Å². The molecule has 11 heteroatoms. The Morgan fingerprint density at radius 1 is 1.03 bits per heavy atom. The number of furan rings is 1. The molecule has 0 unspecified atom stereocenters. The van der Waals surface area contributed by atoms with Crippen molar-refractivity contribution >= 4 is 69.5 Å². The lowest BCUT2D eigenvalue weighted by atomic mass is 10.1. The third-order valence-corrected chi connectivity index (χ3v) is 6.27. The number of hydrogen-bond donors (Lipinski definition) is 0. The van der Waals surface area contributed by atoms with Gasteiger partial charge in [0.05, 0.1) is 21.9 Å². The van der Waals surface area contributed by atoms with E-state index < -0.39 is 16.1 Å². The molecule has 3 aromatic rings. The first-order chi connectivity index (χ1) is 15.2. The van der Waals surface area contributed by atoms with Gasteiger partial charge in [-0.1, -0.05) is 40.9 Å². The van der Waals surface area contributed by atoms with Crippen LogP contribution in [-0.2, 0) is 11.3 Å². The van der Waals surface area contributed by atoms with Crippen LogP contribution in [0.3, 0.4) is 0 Å². The van der Waals surface area contributed by atoms with E-state index in [1.807, 2.05) is 0 Å². The monoisotopic (exact) mass is 508 g/mol. The van der Waals surface area contributed by atoms with Gasteiger partial charge in [0.15, 0.2) is 0 Å². The molecule has 1 aromatic heterocycles. The molecule has 0 N–H and O–H groups in total. The van der Waals surface area contributed by atoms with Gasteiger partial charge in [-0.3, -0.25) is 24.6 Å². The minimum Gasteiger partial charge on any atom is -0.456 e. The first kappa shape index (κ1) is 22.4. The number of thioether (sulfide) groups is 1. The highest BCUT2D eigenvalue weighted by atomic mass is 35.5. The number of benzene rings is 2. The van der Waals surface area contributed by atoms with Gasteiger partial charge in [-0.2, -0.15) is 0 Å². The van der Waals surface area contributed by atoms with Gasteiger partial charge < -0.3 is 4.42 Å². The number of nitrogens with zero attached hydrogens (tertiary/aromatic N) is 2. The third-order valence-electron chi connectivity index (χ3n) is 4.54. The summed E-state index contributed by atoms with van der Waals surface area (Å²) in [5, 5.41) is 11.9. The summed E-state index contributed by atoms with van der Waals surface area (Å²) in [6, 6.07) is 12.1. The minimum absolute atomic E-state index is 0.00160. The highest BCUT2D eigenvalue weighted by Crippen LogP contribution is 2.37. The van der Waals surface area contributed by atoms with E-state index in [0.29, 0.717) is 15.6 Å². The molecule has 1 saturated heterocycles. The van der Waals surface area contributed by atoms with Crippen molar-refractivity contribution in [2.24, 2.45) is 0 Å². The first-order valence-corrected chi connectivity index (χ1v) is 10.9. The topological polar surface area (TPSA) is 93.7 Å². The summed E-state index contributed by atoms with van der Waals surface area (Å²) in [4.78, 5) is 37.1. The third kappa shape index (κ3) is 4.54. The van der Waals surface area contributed by atoms with Crippen molar-refractivity contribution in [3.63, 3.8) is 0 Å². The van der Waals surface area contributed by atoms with Crippen molar-refractivity contribution < 1.29 is 18.9 Å². The Morgan fingerprint density at radius 3 is 2.47 bits per heavy atom. The van der Waals surface area contributed by atoms with E-state index >= 15 is 0 Å². The zero-order valence-corrected chi connectivity index (χ0v) is 19.0. The number of nitro benzene ring substituents is 1. The maximum Gasteiger partial charge on any atom is 0.293 e. The van der Waals surface area contributed by atoms with Crippen LogP contribution in [0.25, 0.3) is 17.4 Å². The zero-order chi connectivity index (χ0) is 23.0. The molecule has 7 nitrogen and oxygen atoms in total. The number of halogens is 3. The molecule has 0 saturated carbocycles. The Bertz CT molecular complexity index is 1300. The maximum absolute atomic E-state index is 12.8. The van der Waals surface area contributed by atoms with Crippen LogP contribution in [0.5, 0.6) is 0 Å². The highest BCUT2D eigenvalue weighted by Gasteiger charge is 2.35. The molecule has 0 spiro atoms. The van der Waals surface area contributed by atoms with Crippen molar-refractivity contribution in [3.05, 3.63) is 89.9 Å². The Labute approximate surface area is 200 Å². The van der Waals surface area contributed by atoms with Crippen LogP contribution in [0.4, 0.5) is 10.5 Å². The van der Waals surface area contributed by atoms with E-state index in [4.69, 9.17) is 39.2 Å². The molecule has 1 fully saturated rings. The number of hydrogen-bond acceptors (Lipinski definition) is 6. The molecule has 1 aliphatic heterocycles. The Kier molecular flexibility index (Phi) is 6.30. The quantitative estimate of drug-likeness (QED) is 0.208. The van der Waals surface area contributed by atoms with Gasteiger partial charge in [0.25, 0.3) is 16.8 Å².